The molecule has 1 heterocycles. The van der Waals surface area contributed by atoms with Crippen molar-refractivity contribution >= 4 is 11.8 Å². The molecule has 0 N–H and O–H groups in total. The van der Waals surface area contributed by atoms with Crippen molar-refractivity contribution in [3.63, 3.8) is 0 Å². The molecule has 2 amide bonds. The number of hydrogen-bond acceptors (Lipinski definition) is 3. The van der Waals surface area contributed by atoms with Crippen LogP contribution in [0.25, 0.3) is 0 Å². The molecule has 0 spiro atoms. The summed E-state index contributed by atoms with van der Waals surface area (Å²) in [6.07, 6.45) is 2.89. The minimum absolute atomic E-state index is 0.118. The minimum Gasteiger partial charge on any atom is -0.341 e. The largest absolute Gasteiger partial charge is 0.341 e. The van der Waals surface area contributed by atoms with Gasteiger partial charge in [-0.05, 0) is 49.8 Å². The molecular formula is C25H41N3O2. The Morgan fingerprint density at radius 3 is 2.07 bits per heavy atom. The van der Waals surface area contributed by atoms with Crippen LogP contribution in [0.3, 0.4) is 0 Å². The molecule has 1 fully saturated rings. The van der Waals surface area contributed by atoms with Gasteiger partial charge >= 0.3 is 0 Å². The summed E-state index contributed by atoms with van der Waals surface area (Å²) in [5, 5.41) is 0. The zero-order chi connectivity index (χ0) is 22.1. The van der Waals surface area contributed by atoms with Gasteiger partial charge in [0.25, 0.3) is 5.91 Å². The lowest BCUT2D eigenvalue weighted by Crippen LogP contribution is -2.51. The smallest absolute Gasteiger partial charge is 0.253 e. The predicted molar refractivity (Wildman–Crippen MR) is 123 cm³/mol. The van der Waals surface area contributed by atoms with Crippen LogP contribution in [0.4, 0.5) is 0 Å². The lowest BCUT2D eigenvalue weighted by Gasteiger charge is -2.39. The monoisotopic (exact) mass is 415 g/mol. The standard InChI is InChI=1S/C25H41N3O2/c1-6-14-27(19-24(29)28(17-20(2)3)18-21(4)5)23-12-15-26(16-13-23)25(30)22-10-8-7-9-11-22/h7-11,20-21,23H,6,12-19H2,1-5H3. The van der Waals surface area contributed by atoms with Crippen molar-refractivity contribution < 1.29 is 9.59 Å². The van der Waals surface area contributed by atoms with E-state index < -0.39 is 0 Å². The van der Waals surface area contributed by atoms with E-state index in [-0.39, 0.29) is 11.8 Å². The van der Waals surface area contributed by atoms with Crippen LogP contribution in [0, 0.1) is 11.8 Å². The van der Waals surface area contributed by atoms with Crippen molar-refractivity contribution in [2.24, 2.45) is 11.8 Å². The molecule has 5 nitrogen and oxygen atoms in total. The van der Waals surface area contributed by atoms with Gasteiger partial charge in [0, 0.05) is 37.8 Å². The molecule has 1 aliphatic rings. The van der Waals surface area contributed by atoms with Gasteiger partial charge in [-0.25, -0.2) is 0 Å². The fraction of sp³-hybridized carbons (Fsp3) is 0.680. The Morgan fingerprint density at radius 2 is 1.57 bits per heavy atom. The molecule has 5 heteroatoms. The number of piperidine rings is 1. The van der Waals surface area contributed by atoms with Crippen molar-refractivity contribution in [1.29, 1.82) is 0 Å². The molecule has 1 saturated heterocycles. The molecule has 0 unspecified atom stereocenters. The highest BCUT2D eigenvalue weighted by atomic mass is 16.2. The first-order valence-corrected chi connectivity index (χ1v) is 11.7. The summed E-state index contributed by atoms with van der Waals surface area (Å²) >= 11 is 0. The Morgan fingerprint density at radius 1 is 1.00 bits per heavy atom. The molecule has 168 valence electrons. The Kier molecular flexibility index (Phi) is 9.83. The van der Waals surface area contributed by atoms with Crippen LogP contribution in [-0.4, -0.2) is 71.8 Å². The van der Waals surface area contributed by atoms with E-state index in [4.69, 9.17) is 0 Å². The van der Waals surface area contributed by atoms with E-state index in [0.29, 0.717) is 24.4 Å². The van der Waals surface area contributed by atoms with Crippen molar-refractivity contribution in [1.82, 2.24) is 14.7 Å². The van der Waals surface area contributed by atoms with E-state index in [1.807, 2.05) is 40.1 Å². The third-order valence-electron chi connectivity index (χ3n) is 5.66. The van der Waals surface area contributed by atoms with Crippen LogP contribution in [0.2, 0.25) is 0 Å². The maximum Gasteiger partial charge on any atom is 0.253 e. The maximum atomic E-state index is 13.1. The molecule has 0 radical (unpaired) electrons. The fourth-order valence-corrected chi connectivity index (χ4v) is 4.31. The zero-order valence-electron chi connectivity index (χ0n) is 19.6. The SMILES string of the molecule is CCCN(CC(=O)N(CC(C)C)CC(C)C)C1CCN(C(=O)c2ccccc2)CC1. The first-order valence-electron chi connectivity index (χ1n) is 11.7. The minimum atomic E-state index is 0.118. The lowest BCUT2D eigenvalue weighted by molar-refractivity contribution is -0.134. The molecule has 1 aromatic rings. The number of nitrogens with zero attached hydrogens (tertiary/aromatic N) is 3. The van der Waals surface area contributed by atoms with E-state index in [9.17, 15) is 9.59 Å². The molecule has 0 aliphatic carbocycles. The van der Waals surface area contributed by atoms with Gasteiger partial charge in [-0.1, -0.05) is 52.8 Å². The summed E-state index contributed by atoms with van der Waals surface area (Å²) in [7, 11) is 0. The summed E-state index contributed by atoms with van der Waals surface area (Å²) in [5.74, 6) is 1.31. The van der Waals surface area contributed by atoms with Crippen molar-refractivity contribution in [3.05, 3.63) is 35.9 Å². The molecule has 0 bridgehead atoms. The maximum absolute atomic E-state index is 13.1. The Labute approximate surface area is 183 Å². The third-order valence-corrected chi connectivity index (χ3v) is 5.66. The van der Waals surface area contributed by atoms with E-state index in [0.717, 1.165) is 57.5 Å². The van der Waals surface area contributed by atoms with Gasteiger partial charge in [0.05, 0.1) is 6.54 Å². The van der Waals surface area contributed by atoms with Crippen LogP contribution >= 0.6 is 0 Å². The van der Waals surface area contributed by atoms with E-state index >= 15 is 0 Å². The van der Waals surface area contributed by atoms with Crippen LogP contribution in [-0.2, 0) is 4.79 Å². The van der Waals surface area contributed by atoms with Gasteiger partial charge in [-0.2, -0.15) is 0 Å². The van der Waals surface area contributed by atoms with E-state index in [2.05, 4.69) is 39.5 Å². The number of hydrogen-bond donors (Lipinski definition) is 0. The molecule has 1 aliphatic heterocycles. The van der Waals surface area contributed by atoms with Gasteiger partial charge in [0.15, 0.2) is 0 Å². The highest BCUT2D eigenvalue weighted by Gasteiger charge is 2.29. The number of benzene rings is 1. The van der Waals surface area contributed by atoms with Crippen molar-refractivity contribution in [3.8, 4) is 0 Å². The summed E-state index contributed by atoms with van der Waals surface area (Å²) in [4.78, 5) is 32.2. The first kappa shape index (κ1) is 24.4. The highest BCUT2D eigenvalue weighted by Crippen LogP contribution is 2.19. The molecule has 1 aromatic carbocycles. The van der Waals surface area contributed by atoms with Gasteiger partial charge in [0.1, 0.15) is 0 Å². The Bertz CT molecular complexity index is 642. The van der Waals surface area contributed by atoms with Crippen LogP contribution in [0.15, 0.2) is 30.3 Å². The second-order valence-corrected chi connectivity index (χ2v) is 9.45. The average molecular weight is 416 g/mol. The molecule has 0 aromatic heterocycles. The Hall–Kier alpha value is -1.88. The van der Waals surface area contributed by atoms with Gasteiger partial charge in [-0.3, -0.25) is 14.5 Å². The van der Waals surface area contributed by atoms with Gasteiger partial charge < -0.3 is 9.80 Å². The molecular weight excluding hydrogens is 374 g/mol. The summed E-state index contributed by atoms with van der Waals surface area (Å²) < 4.78 is 0. The first-order chi connectivity index (χ1) is 14.3. The Balaban J connectivity index is 1.96. The number of rotatable bonds is 10. The van der Waals surface area contributed by atoms with Crippen LogP contribution in [0.1, 0.15) is 64.2 Å². The summed E-state index contributed by atoms with van der Waals surface area (Å²) in [6, 6.07) is 9.89. The normalized spacial score (nSPS) is 15.3. The molecule has 2 rings (SSSR count). The second kappa shape index (κ2) is 12.1. The lowest BCUT2D eigenvalue weighted by atomic mass is 10.0. The second-order valence-electron chi connectivity index (χ2n) is 9.45. The number of likely N-dealkylation sites (tertiary alicyclic amines) is 1. The third kappa shape index (κ3) is 7.42. The van der Waals surface area contributed by atoms with E-state index in [1.165, 1.54) is 0 Å². The topological polar surface area (TPSA) is 43.9 Å². The number of carbonyl (C=O) groups is 2. The number of carbonyl (C=O) groups excluding carboxylic acids is 2. The number of amides is 2. The van der Waals surface area contributed by atoms with Crippen molar-refractivity contribution in [2.45, 2.75) is 59.9 Å². The van der Waals surface area contributed by atoms with Gasteiger partial charge in [-0.15, -0.1) is 0 Å². The van der Waals surface area contributed by atoms with Crippen molar-refractivity contribution in [2.75, 3.05) is 39.3 Å². The van der Waals surface area contributed by atoms with Crippen LogP contribution in [0.5, 0.6) is 0 Å². The van der Waals surface area contributed by atoms with Crippen LogP contribution < -0.4 is 0 Å². The zero-order valence-corrected chi connectivity index (χ0v) is 19.6. The quantitative estimate of drug-likeness (QED) is 0.577. The van der Waals surface area contributed by atoms with E-state index in [1.54, 1.807) is 0 Å². The highest BCUT2D eigenvalue weighted by molar-refractivity contribution is 5.94. The molecule has 30 heavy (non-hydrogen) atoms. The van der Waals surface area contributed by atoms with Gasteiger partial charge in [0.2, 0.25) is 5.91 Å². The average Bonchev–Trinajstić information content (AvgIpc) is 2.72. The predicted octanol–water partition coefficient (Wildman–Crippen LogP) is 4.14. The molecule has 0 atom stereocenters. The summed E-state index contributed by atoms with van der Waals surface area (Å²) in [5.41, 5.74) is 0.759. The summed E-state index contributed by atoms with van der Waals surface area (Å²) in [6.45, 7) is 15.4. The fourth-order valence-electron chi connectivity index (χ4n) is 4.31. The molecule has 0 saturated carbocycles.